The van der Waals surface area contributed by atoms with E-state index in [4.69, 9.17) is 5.73 Å². The second kappa shape index (κ2) is 9.23. The third-order valence-corrected chi connectivity index (χ3v) is 7.10. The van der Waals surface area contributed by atoms with E-state index in [0.29, 0.717) is 23.3 Å². The van der Waals surface area contributed by atoms with Gasteiger partial charge < -0.3 is 10.6 Å². The van der Waals surface area contributed by atoms with Crippen LogP contribution >= 0.6 is 23.1 Å². The van der Waals surface area contributed by atoms with Crippen molar-refractivity contribution in [3.8, 4) is 10.4 Å². The summed E-state index contributed by atoms with van der Waals surface area (Å²) in [6.45, 7) is 3.54. The van der Waals surface area contributed by atoms with Crippen LogP contribution in [0.25, 0.3) is 10.4 Å². The van der Waals surface area contributed by atoms with E-state index in [1.165, 1.54) is 34.6 Å². The van der Waals surface area contributed by atoms with Gasteiger partial charge in [-0.05, 0) is 61.6 Å². The fourth-order valence-corrected chi connectivity index (χ4v) is 4.79. The summed E-state index contributed by atoms with van der Waals surface area (Å²) in [7, 11) is 0. The third kappa shape index (κ3) is 5.05. The Kier molecular flexibility index (Phi) is 6.44. The number of nitrogens with two attached hydrogens (primary N) is 1. The molecule has 4 nitrogen and oxygen atoms in total. The van der Waals surface area contributed by atoms with Crippen molar-refractivity contribution in [1.29, 1.82) is 0 Å². The molecule has 0 aliphatic heterocycles. The summed E-state index contributed by atoms with van der Waals surface area (Å²) in [5, 5.41) is 0.439. The highest BCUT2D eigenvalue weighted by Crippen LogP contribution is 2.35. The van der Waals surface area contributed by atoms with E-state index in [1.54, 1.807) is 11.8 Å². The number of carbonyl (C=O) groups excluding carboxylic acids is 1. The van der Waals surface area contributed by atoms with Crippen LogP contribution in [-0.4, -0.2) is 35.1 Å². The first-order chi connectivity index (χ1) is 14.5. The SMILES string of the molecule is CSc1ccc(CCN(CC2CC2)C(=O)c2nc(N)sc2-c2cccc(C)c2)cc1. The van der Waals surface area contributed by atoms with E-state index in [9.17, 15) is 4.79 Å². The number of hydrogen-bond donors (Lipinski definition) is 1. The molecule has 156 valence electrons. The zero-order valence-electron chi connectivity index (χ0n) is 17.4. The highest BCUT2D eigenvalue weighted by atomic mass is 32.2. The summed E-state index contributed by atoms with van der Waals surface area (Å²) in [4.78, 5) is 22.1. The number of carbonyl (C=O) groups is 1. The largest absolute Gasteiger partial charge is 0.375 e. The van der Waals surface area contributed by atoms with Gasteiger partial charge in [-0.1, -0.05) is 53.3 Å². The molecule has 1 aliphatic carbocycles. The average Bonchev–Trinajstić information content (AvgIpc) is 3.49. The summed E-state index contributed by atoms with van der Waals surface area (Å²) in [6.07, 6.45) is 5.33. The van der Waals surface area contributed by atoms with Crippen molar-refractivity contribution >= 4 is 34.1 Å². The predicted octanol–water partition coefficient (Wildman–Crippen LogP) is 5.52. The van der Waals surface area contributed by atoms with Gasteiger partial charge in [0.1, 0.15) is 5.69 Å². The second-order valence-electron chi connectivity index (χ2n) is 7.89. The van der Waals surface area contributed by atoms with Gasteiger partial charge in [-0.2, -0.15) is 0 Å². The zero-order valence-corrected chi connectivity index (χ0v) is 19.1. The van der Waals surface area contributed by atoms with Crippen molar-refractivity contribution in [2.24, 2.45) is 5.92 Å². The minimum atomic E-state index is -0.00732. The van der Waals surface area contributed by atoms with Crippen LogP contribution in [0.1, 0.15) is 34.5 Å². The van der Waals surface area contributed by atoms with Crippen molar-refractivity contribution in [1.82, 2.24) is 9.88 Å². The van der Waals surface area contributed by atoms with Gasteiger partial charge in [0.15, 0.2) is 5.13 Å². The number of rotatable bonds is 8. The fourth-order valence-electron chi connectivity index (χ4n) is 3.56. The van der Waals surface area contributed by atoms with Gasteiger partial charge in [-0.15, -0.1) is 11.8 Å². The van der Waals surface area contributed by atoms with Crippen molar-refractivity contribution in [3.05, 3.63) is 65.4 Å². The summed E-state index contributed by atoms with van der Waals surface area (Å²) in [5.74, 6) is 0.610. The molecule has 1 saturated carbocycles. The molecule has 0 saturated heterocycles. The summed E-state index contributed by atoms with van der Waals surface area (Å²) in [6, 6.07) is 16.8. The average molecular weight is 438 g/mol. The molecule has 1 amide bonds. The Morgan fingerprint density at radius 2 is 2.00 bits per heavy atom. The Labute approximate surface area is 186 Å². The molecular formula is C24H27N3OS2. The maximum Gasteiger partial charge on any atom is 0.274 e. The van der Waals surface area contributed by atoms with Gasteiger partial charge >= 0.3 is 0 Å². The Bertz CT molecular complexity index is 1030. The molecule has 0 spiro atoms. The Hall–Kier alpha value is -2.31. The van der Waals surface area contributed by atoms with Crippen LogP contribution in [0, 0.1) is 12.8 Å². The number of nitrogens with zero attached hydrogens (tertiary/aromatic N) is 2. The minimum absolute atomic E-state index is 0.00732. The van der Waals surface area contributed by atoms with E-state index >= 15 is 0 Å². The van der Waals surface area contributed by atoms with Gasteiger partial charge in [0, 0.05) is 18.0 Å². The predicted molar refractivity (Wildman–Crippen MR) is 127 cm³/mol. The zero-order chi connectivity index (χ0) is 21.1. The molecule has 1 heterocycles. The number of nitrogen functional groups attached to an aromatic ring is 1. The lowest BCUT2D eigenvalue weighted by Gasteiger charge is -2.22. The van der Waals surface area contributed by atoms with Gasteiger partial charge in [-0.25, -0.2) is 4.98 Å². The normalized spacial score (nSPS) is 13.4. The van der Waals surface area contributed by atoms with Crippen molar-refractivity contribution in [2.45, 2.75) is 31.1 Å². The van der Waals surface area contributed by atoms with Gasteiger partial charge in [-0.3, -0.25) is 4.79 Å². The number of thiazole rings is 1. The standard InChI is InChI=1S/C24H27N3OS2/c1-16-4-3-5-19(14-16)22-21(26-24(25)30-22)23(28)27(15-18-6-7-18)13-12-17-8-10-20(29-2)11-9-17/h3-5,8-11,14,18H,6-7,12-13,15H2,1-2H3,(H2,25,26). The van der Waals surface area contributed by atoms with E-state index in [1.807, 2.05) is 17.0 Å². The van der Waals surface area contributed by atoms with Crippen molar-refractivity contribution < 1.29 is 4.79 Å². The number of hydrogen-bond acceptors (Lipinski definition) is 5. The molecular weight excluding hydrogens is 410 g/mol. The maximum absolute atomic E-state index is 13.5. The molecule has 1 aromatic heterocycles. The van der Waals surface area contributed by atoms with Crippen LogP contribution in [0.2, 0.25) is 0 Å². The number of anilines is 1. The fraction of sp³-hybridized carbons (Fsp3) is 0.333. The Morgan fingerprint density at radius 3 is 2.67 bits per heavy atom. The molecule has 0 unspecified atom stereocenters. The molecule has 2 aromatic carbocycles. The summed E-state index contributed by atoms with van der Waals surface area (Å²) in [5.41, 5.74) is 9.93. The first kappa shape index (κ1) is 20.9. The Morgan fingerprint density at radius 1 is 1.23 bits per heavy atom. The molecule has 3 aromatic rings. The van der Waals surface area contributed by atoms with E-state index < -0.39 is 0 Å². The van der Waals surface area contributed by atoms with E-state index in [0.717, 1.165) is 29.0 Å². The first-order valence-corrected chi connectivity index (χ1v) is 12.3. The van der Waals surface area contributed by atoms with Crippen LogP contribution in [0.5, 0.6) is 0 Å². The molecule has 0 atom stereocenters. The molecule has 1 fully saturated rings. The maximum atomic E-state index is 13.5. The molecule has 30 heavy (non-hydrogen) atoms. The molecule has 6 heteroatoms. The molecule has 2 N–H and O–H groups in total. The second-order valence-corrected chi connectivity index (χ2v) is 9.80. The first-order valence-electron chi connectivity index (χ1n) is 10.3. The highest BCUT2D eigenvalue weighted by molar-refractivity contribution is 7.98. The van der Waals surface area contributed by atoms with Crippen LogP contribution in [-0.2, 0) is 6.42 Å². The number of benzene rings is 2. The van der Waals surface area contributed by atoms with Crippen LogP contribution in [0.4, 0.5) is 5.13 Å². The number of aromatic nitrogens is 1. The quantitative estimate of drug-likeness (QED) is 0.472. The number of aryl methyl sites for hydroxylation is 1. The summed E-state index contributed by atoms with van der Waals surface area (Å²) >= 11 is 3.13. The van der Waals surface area contributed by atoms with Gasteiger partial charge in [0.2, 0.25) is 0 Å². The highest BCUT2D eigenvalue weighted by Gasteiger charge is 2.30. The van der Waals surface area contributed by atoms with E-state index in [2.05, 4.69) is 54.6 Å². The van der Waals surface area contributed by atoms with Gasteiger partial charge in [0.05, 0.1) is 4.88 Å². The molecule has 0 bridgehead atoms. The number of amides is 1. The topological polar surface area (TPSA) is 59.2 Å². The van der Waals surface area contributed by atoms with E-state index in [-0.39, 0.29) is 5.91 Å². The lowest BCUT2D eigenvalue weighted by atomic mass is 10.1. The third-order valence-electron chi connectivity index (χ3n) is 5.42. The Balaban J connectivity index is 1.56. The molecule has 4 rings (SSSR count). The van der Waals surface area contributed by atoms with Crippen molar-refractivity contribution in [3.63, 3.8) is 0 Å². The van der Waals surface area contributed by atoms with Crippen LogP contribution in [0.3, 0.4) is 0 Å². The number of thioether (sulfide) groups is 1. The van der Waals surface area contributed by atoms with Crippen LogP contribution < -0.4 is 5.73 Å². The summed E-state index contributed by atoms with van der Waals surface area (Å²) < 4.78 is 0. The monoisotopic (exact) mass is 437 g/mol. The smallest absolute Gasteiger partial charge is 0.274 e. The lowest BCUT2D eigenvalue weighted by molar-refractivity contribution is 0.0745. The molecule has 0 radical (unpaired) electrons. The lowest BCUT2D eigenvalue weighted by Crippen LogP contribution is -2.35. The van der Waals surface area contributed by atoms with Crippen LogP contribution in [0.15, 0.2) is 53.4 Å². The molecule has 1 aliphatic rings. The van der Waals surface area contributed by atoms with Gasteiger partial charge in [0.25, 0.3) is 5.91 Å². The minimum Gasteiger partial charge on any atom is -0.375 e. The van der Waals surface area contributed by atoms with Crippen molar-refractivity contribution in [2.75, 3.05) is 25.1 Å².